The number of hydrogen-bond donors (Lipinski definition) is 1. The first kappa shape index (κ1) is 13.9. The topological polar surface area (TPSA) is 50.1 Å². The third-order valence-electron chi connectivity index (χ3n) is 2.17. The van der Waals surface area contributed by atoms with Crippen molar-refractivity contribution in [3.05, 3.63) is 28.8 Å². The van der Waals surface area contributed by atoms with Gasteiger partial charge in [-0.1, -0.05) is 6.07 Å². The first-order valence-electron chi connectivity index (χ1n) is 5.08. The van der Waals surface area contributed by atoms with E-state index < -0.39 is 0 Å². The number of carbonyl (C=O) groups excluding carboxylic acids is 1. The molecule has 0 spiro atoms. The summed E-state index contributed by atoms with van der Waals surface area (Å²) in [6.45, 7) is 2.09. The van der Waals surface area contributed by atoms with Crippen LogP contribution in [0.4, 0.5) is 0 Å². The molecule has 5 heteroatoms. The molecule has 0 fully saturated rings. The molecular formula is C12H12ClNO2S. The number of halogens is 1. The number of esters is 1. The lowest BCUT2D eigenvalue weighted by molar-refractivity contribution is -0.142. The summed E-state index contributed by atoms with van der Waals surface area (Å²) >= 11 is 9.98. The van der Waals surface area contributed by atoms with Gasteiger partial charge >= 0.3 is 5.97 Å². The molecule has 0 aliphatic carbocycles. The molecule has 90 valence electrons. The van der Waals surface area contributed by atoms with Crippen LogP contribution in [-0.4, -0.2) is 12.6 Å². The molecule has 0 amide bonds. The predicted octanol–water partition coefficient (Wildman–Crippen LogP) is 2.69. The van der Waals surface area contributed by atoms with Crippen molar-refractivity contribution in [2.24, 2.45) is 0 Å². The number of hydrogen-bond acceptors (Lipinski definition) is 4. The first-order chi connectivity index (χ1) is 8.12. The SMILES string of the molecule is CCOC(=O)Cc1cc(C#N)c(S)c(CCl)c1. The van der Waals surface area contributed by atoms with E-state index in [1.54, 1.807) is 19.1 Å². The van der Waals surface area contributed by atoms with Gasteiger partial charge in [0.15, 0.2) is 0 Å². The van der Waals surface area contributed by atoms with Gasteiger partial charge in [-0.05, 0) is 24.1 Å². The molecular weight excluding hydrogens is 258 g/mol. The highest BCUT2D eigenvalue weighted by atomic mass is 35.5. The second-order valence-electron chi connectivity index (χ2n) is 3.38. The van der Waals surface area contributed by atoms with Crippen LogP contribution >= 0.6 is 24.2 Å². The Kier molecular flexibility index (Phi) is 5.33. The number of benzene rings is 1. The lowest BCUT2D eigenvalue weighted by Crippen LogP contribution is -2.08. The summed E-state index contributed by atoms with van der Waals surface area (Å²) < 4.78 is 4.85. The number of rotatable bonds is 4. The van der Waals surface area contributed by atoms with Gasteiger partial charge in [-0.2, -0.15) is 5.26 Å². The standard InChI is InChI=1S/C12H12ClNO2S/c1-2-16-11(15)5-8-3-9(6-13)12(17)10(4-8)7-14/h3-4,17H,2,5-6H2,1H3. The minimum absolute atomic E-state index is 0.139. The highest BCUT2D eigenvalue weighted by Crippen LogP contribution is 2.23. The van der Waals surface area contributed by atoms with E-state index in [1.165, 1.54) is 0 Å². The zero-order valence-electron chi connectivity index (χ0n) is 9.36. The van der Waals surface area contributed by atoms with Crippen molar-refractivity contribution in [3.63, 3.8) is 0 Å². The number of nitriles is 1. The number of nitrogens with zero attached hydrogens (tertiary/aromatic N) is 1. The predicted molar refractivity (Wildman–Crippen MR) is 68.3 cm³/mol. The van der Waals surface area contributed by atoms with E-state index in [9.17, 15) is 4.79 Å². The lowest BCUT2D eigenvalue weighted by Gasteiger charge is -2.08. The number of carbonyl (C=O) groups is 1. The summed E-state index contributed by atoms with van der Waals surface area (Å²) in [6, 6.07) is 5.43. The van der Waals surface area contributed by atoms with Gasteiger partial charge in [0, 0.05) is 10.8 Å². The minimum atomic E-state index is -0.316. The summed E-state index contributed by atoms with van der Waals surface area (Å²) in [5.74, 6) is -0.0618. The Balaban J connectivity index is 3.02. The van der Waals surface area contributed by atoms with E-state index in [2.05, 4.69) is 12.6 Å². The van der Waals surface area contributed by atoms with Crippen molar-refractivity contribution in [3.8, 4) is 6.07 Å². The Bertz CT molecular complexity index is 468. The van der Waals surface area contributed by atoms with Gasteiger partial charge in [-0.15, -0.1) is 24.2 Å². The summed E-state index contributed by atoms with van der Waals surface area (Å²) in [7, 11) is 0. The van der Waals surface area contributed by atoms with E-state index in [0.29, 0.717) is 22.6 Å². The van der Waals surface area contributed by atoms with E-state index in [4.69, 9.17) is 21.6 Å². The number of thiol groups is 1. The fourth-order valence-electron chi connectivity index (χ4n) is 1.43. The first-order valence-corrected chi connectivity index (χ1v) is 6.07. The maximum Gasteiger partial charge on any atom is 0.310 e. The Morgan fingerprint density at radius 3 is 2.82 bits per heavy atom. The maximum atomic E-state index is 11.3. The Morgan fingerprint density at radius 2 is 2.29 bits per heavy atom. The zero-order valence-corrected chi connectivity index (χ0v) is 11.0. The Labute approximate surface area is 111 Å². The molecule has 3 nitrogen and oxygen atoms in total. The Hall–Kier alpha value is -1.18. The van der Waals surface area contributed by atoms with Crippen LogP contribution in [0.5, 0.6) is 0 Å². The molecule has 0 aliphatic heterocycles. The van der Waals surface area contributed by atoms with Crippen LogP contribution in [-0.2, 0) is 21.8 Å². The van der Waals surface area contributed by atoms with Gasteiger partial charge in [-0.3, -0.25) is 4.79 Å². The molecule has 0 atom stereocenters. The largest absolute Gasteiger partial charge is 0.466 e. The van der Waals surface area contributed by atoms with Gasteiger partial charge in [0.05, 0.1) is 18.6 Å². The zero-order chi connectivity index (χ0) is 12.8. The van der Waals surface area contributed by atoms with Crippen LogP contribution in [0, 0.1) is 11.3 Å². The molecule has 0 saturated heterocycles. The van der Waals surface area contributed by atoms with Gasteiger partial charge in [0.1, 0.15) is 6.07 Å². The number of ether oxygens (including phenoxy) is 1. The summed E-state index contributed by atoms with van der Waals surface area (Å²) in [5.41, 5.74) is 1.88. The average Bonchev–Trinajstić information content (AvgIpc) is 2.31. The summed E-state index contributed by atoms with van der Waals surface area (Å²) in [4.78, 5) is 11.9. The Morgan fingerprint density at radius 1 is 1.59 bits per heavy atom. The molecule has 0 heterocycles. The van der Waals surface area contributed by atoms with Crippen molar-refractivity contribution < 1.29 is 9.53 Å². The average molecular weight is 270 g/mol. The van der Waals surface area contributed by atoms with E-state index in [1.807, 2.05) is 6.07 Å². The van der Waals surface area contributed by atoms with E-state index in [0.717, 1.165) is 5.56 Å². The maximum absolute atomic E-state index is 11.3. The molecule has 1 aromatic carbocycles. The van der Waals surface area contributed by atoms with Gasteiger partial charge in [-0.25, -0.2) is 0 Å². The molecule has 1 aromatic rings. The summed E-state index contributed by atoms with van der Waals surface area (Å²) in [5, 5.41) is 8.94. The minimum Gasteiger partial charge on any atom is -0.466 e. The van der Waals surface area contributed by atoms with Gasteiger partial charge in [0.25, 0.3) is 0 Å². The second kappa shape index (κ2) is 6.53. The fourth-order valence-corrected chi connectivity index (χ4v) is 1.99. The summed E-state index contributed by atoms with van der Waals surface area (Å²) in [6.07, 6.45) is 0.139. The quantitative estimate of drug-likeness (QED) is 0.519. The van der Waals surface area contributed by atoms with Crippen LogP contribution in [0.25, 0.3) is 0 Å². The molecule has 0 bridgehead atoms. The van der Waals surface area contributed by atoms with Gasteiger partial charge in [0.2, 0.25) is 0 Å². The molecule has 0 saturated carbocycles. The van der Waals surface area contributed by atoms with E-state index in [-0.39, 0.29) is 18.3 Å². The lowest BCUT2D eigenvalue weighted by atomic mass is 10.0. The van der Waals surface area contributed by atoms with Crippen molar-refractivity contribution in [2.45, 2.75) is 24.1 Å². The highest BCUT2D eigenvalue weighted by Gasteiger charge is 2.10. The third-order valence-corrected chi connectivity index (χ3v) is 2.98. The van der Waals surface area contributed by atoms with Crippen LogP contribution in [0.1, 0.15) is 23.6 Å². The monoisotopic (exact) mass is 269 g/mol. The molecule has 0 aromatic heterocycles. The molecule has 0 N–H and O–H groups in total. The van der Waals surface area contributed by atoms with Crippen molar-refractivity contribution in [1.29, 1.82) is 5.26 Å². The van der Waals surface area contributed by atoms with Crippen LogP contribution in [0.2, 0.25) is 0 Å². The van der Waals surface area contributed by atoms with Crippen molar-refractivity contribution in [1.82, 2.24) is 0 Å². The molecule has 0 radical (unpaired) electrons. The fraction of sp³-hybridized carbons (Fsp3) is 0.333. The normalized spacial score (nSPS) is 9.76. The molecule has 17 heavy (non-hydrogen) atoms. The van der Waals surface area contributed by atoms with Gasteiger partial charge < -0.3 is 4.74 Å². The third kappa shape index (κ3) is 3.65. The van der Waals surface area contributed by atoms with Crippen molar-refractivity contribution in [2.75, 3.05) is 6.61 Å². The smallest absolute Gasteiger partial charge is 0.310 e. The molecule has 0 aliphatic rings. The van der Waals surface area contributed by atoms with E-state index >= 15 is 0 Å². The molecule has 1 rings (SSSR count). The second-order valence-corrected chi connectivity index (χ2v) is 4.09. The van der Waals surface area contributed by atoms with Crippen LogP contribution < -0.4 is 0 Å². The molecule has 0 unspecified atom stereocenters. The van der Waals surface area contributed by atoms with Crippen LogP contribution in [0.15, 0.2) is 17.0 Å². The number of alkyl halides is 1. The highest BCUT2D eigenvalue weighted by molar-refractivity contribution is 7.80. The van der Waals surface area contributed by atoms with Crippen LogP contribution in [0.3, 0.4) is 0 Å². The van der Waals surface area contributed by atoms with Crippen molar-refractivity contribution >= 4 is 30.2 Å².